The molecule has 0 saturated heterocycles. The Morgan fingerprint density at radius 3 is 2.70 bits per heavy atom. The Labute approximate surface area is 161 Å². The highest BCUT2D eigenvalue weighted by atomic mass is 32.1. The predicted octanol–water partition coefficient (Wildman–Crippen LogP) is 2.14. The monoisotopic (exact) mass is 391 g/mol. The fourth-order valence-electron chi connectivity index (χ4n) is 2.64. The summed E-state index contributed by atoms with van der Waals surface area (Å²) in [7, 11) is 0. The van der Waals surface area contributed by atoms with E-state index >= 15 is 0 Å². The van der Waals surface area contributed by atoms with Gasteiger partial charge in [-0.15, -0.1) is 11.3 Å². The quantitative estimate of drug-likeness (QED) is 0.669. The number of hydrogen-bond acceptors (Lipinski definition) is 6. The first kappa shape index (κ1) is 20.6. The summed E-state index contributed by atoms with van der Waals surface area (Å²) in [4.78, 5) is 45.1. The third-order valence-electron chi connectivity index (χ3n) is 3.97. The van der Waals surface area contributed by atoms with Gasteiger partial charge in [-0.05, 0) is 25.8 Å². The molecule has 0 atom stereocenters. The lowest BCUT2D eigenvalue weighted by atomic mass is 10.2. The first-order chi connectivity index (χ1) is 12.9. The normalized spacial score (nSPS) is 11.2. The Kier molecular flexibility index (Phi) is 7.12. The van der Waals surface area contributed by atoms with Crippen molar-refractivity contribution in [3.8, 4) is 0 Å². The van der Waals surface area contributed by atoms with Crippen molar-refractivity contribution in [3.63, 3.8) is 0 Å². The number of carbonyl (C=O) groups excluding carboxylic acids is 1. The second-order valence-corrected chi connectivity index (χ2v) is 7.18. The van der Waals surface area contributed by atoms with Gasteiger partial charge < -0.3 is 10.6 Å². The van der Waals surface area contributed by atoms with Crippen LogP contribution in [0.25, 0.3) is 6.08 Å². The van der Waals surface area contributed by atoms with E-state index in [9.17, 15) is 14.4 Å². The third-order valence-corrected chi connectivity index (χ3v) is 4.76. The molecule has 1 amide bonds. The molecule has 0 aliphatic rings. The summed E-state index contributed by atoms with van der Waals surface area (Å²) in [5.74, 6) is -0.374. The lowest BCUT2D eigenvalue weighted by Gasteiger charge is -2.23. The van der Waals surface area contributed by atoms with Crippen LogP contribution in [0.2, 0.25) is 0 Å². The largest absolute Gasteiger partial charge is 0.383 e. The number of aryl methyl sites for hydroxylation is 1. The van der Waals surface area contributed by atoms with E-state index in [0.29, 0.717) is 31.6 Å². The Balaban J connectivity index is 2.45. The number of nitrogen functional groups attached to an aromatic ring is 1. The maximum atomic E-state index is 12.8. The zero-order valence-electron chi connectivity index (χ0n) is 15.8. The van der Waals surface area contributed by atoms with E-state index < -0.39 is 11.2 Å². The predicted molar refractivity (Wildman–Crippen MR) is 109 cm³/mol. The van der Waals surface area contributed by atoms with Crippen LogP contribution >= 0.6 is 11.3 Å². The average Bonchev–Trinajstić information content (AvgIpc) is 3.04. The summed E-state index contributed by atoms with van der Waals surface area (Å²) in [6.45, 7) is 6.46. The van der Waals surface area contributed by atoms with Crippen LogP contribution in [0.4, 0.5) is 11.5 Å². The smallest absolute Gasteiger partial charge is 0.330 e. The maximum Gasteiger partial charge on any atom is 0.330 e. The Morgan fingerprint density at radius 1 is 1.37 bits per heavy atom. The molecule has 2 aromatic rings. The van der Waals surface area contributed by atoms with Crippen LogP contribution in [0.1, 0.15) is 43.8 Å². The van der Waals surface area contributed by atoms with Gasteiger partial charge in [-0.1, -0.05) is 20.3 Å². The molecule has 0 radical (unpaired) electrons. The van der Waals surface area contributed by atoms with Crippen LogP contribution in [0.3, 0.4) is 0 Å². The number of thiazole rings is 1. The van der Waals surface area contributed by atoms with Crippen molar-refractivity contribution in [2.45, 2.75) is 46.6 Å². The van der Waals surface area contributed by atoms with E-state index in [2.05, 4.69) is 9.97 Å². The summed E-state index contributed by atoms with van der Waals surface area (Å²) in [5, 5.41) is 2.75. The Hall–Kier alpha value is -2.68. The minimum absolute atomic E-state index is 0.00737. The minimum Gasteiger partial charge on any atom is -0.383 e. The van der Waals surface area contributed by atoms with Crippen molar-refractivity contribution in [2.24, 2.45) is 0 Å². The second-order valence-electron chi connectivity index (χ2n) is 6.11. The number of amides is 1. The molecule has 0 spiro atoms. The van der Waals surface area contributed by atoms with Gasteiger partial charge in [0.2, 0.25) is 0 Å². The summed E-state index contributed by atoms with van der Waals surface area (Å²) < 4.78 is 1.29. The van der Waals surface area contributed by atoms with Gasteiger partial charge in [-0.25, -0.2) is 9.78 Å². The second kappa shape index (κ2) is 9.31. The van der Waals surface area contributed by atoms with Gasteiger partial charge in [0.15, 0.2) is 5.69 Å². The number of rotatable bonds is 8. The molecule has 0 aliphatic heterocycles. The molecule has 8 nitrogen and oxygen atoms in total. The van der Waals surface area contributed by atoms with Gasteiger partial charge in [0.25, 0.3) is 11.5 Å². The number of nitrogens with zero attached hydrogens (tertiary/aromatic N) is 3. The first-order valence-electron chi connectivity index (χ1n) is 8.93. The lowest BCUT2D eigenvalue weighted by Crippen LogP contribution is -2.41. The molecule has 2 heterocycles. The number of aromatic nitrogens is 3. The Morgan fingerprint density at radius 2 is 2.11 bits per heavy atom. The number of nitrogens with two attached hydrogens (primary N) is 1. The molecule has 3 N–H and O–H groups in total. The van der Waals surface area contributed by atoms with Crippen molar-refractivity contribution in [1.29, 1.82) is 0 Å². The number of nitrogens with one attached hydrogen (secondary N) is 1. The van der Waals surface area contributed by atoms with Crippen LogP contribution in [0.15, 0.2) is 21.0 Å². The van der Waals surface area contributed by atoms with E-state index in [4.69, 9.17) is 5.73 Å². The van der Waals surface area contributed by atoms with Gasteiger partial charge in [-0.3, -0.25) is 19.1 Å². The molecule has 0 unspecified atom stereocenters. The van der Waals surface area contributed by atoms with Crippen LogP contribution in [0.5, 0.6) is 0 Å². The number of hydrogen-bond donors (Lipinski definition) is 2. The number of anilines is 2. The fraction of sp³-hybridized carbons (Fsp3) is 0.444. The maximum absolute atomic E-state index is 12.8. The van der Waals surface area contributed by atoms with Gasteiger partial charge in [0, 0.05) is 24.5 Å². The highest BCUT2D eigenvalue weighted by Crippen LogP contribution is 2.19. The zero-order valence-corrected chi connectivity index (χ0v) is 16.6. The van der Waals surface area contributed by atoms with Crippen LogP contribution in [-0.4, -0.2) is 27.0 Å². The van der Waals surface area contributed by atoms with Crippen LogP contribution < -0.4 is 21.9 Å². The average molecular weight is 391 g/mol. The number of carbonyl (C=O) groups is 1. The molecular weight excluding hydrogens is 366 g/mol. The van der Waals surface area contributed by atoms with Crippen molar-refractivity contribution < 1.29 is 4.79 Å². The molecule has 0 fully saturated rings. The molecule has 2 aromatic heterocycles. The van der Waals surface area contributed by atoms with Crippen LogP contribution in [0, 0.1) is 6.92 Å². The van der Waals surface area contributed by atoms with Gasteiger partial charge in [0.05, 0.1) is 10.7 Å². The van der Waals surface area contributed by atoms with Crippen LogP contribution in [-0.2, 0) is 11.3 Å². The topological polar surface area (TPSA) is 114 Å². The molecule has 9 heteroatoms. The fourth-order valence-corrected chi connectivity index (χ4v) is 3.22. The SMILES string of the molecule is CCCCN(C(=O)/C=C/c1csc(C)n1)c1c(N)n(CCC)c(=O)[nH]c1=O. The van der Waals surface area contributed by atoms with Crippen molar-refractivity contribution in [1.82, 2.24) is 14.5 Å². The van der Waals surface area contributed by atoms with Crippen molar-refractivity contribution in [2.75, 3.05) is 17.2 Å². The molecule has 0 aromatic carbocycles. The van der Waals surface area contributed by atoms with E-state index in [1.54, 1.807) is 6.08 Å². The van der Waals surface area contributed by atoms with Gasteiger partial charge >= 0.3 is 5.69 Å². The van der Waals surface area contributed by atoms with Crippen molar-refractivity contribution >= 4 is 34.8 Å². The third kappa shape index (κ3) is 4.94. The van der Waals surface area contributed by atoms with E-state index in [1.165, 1.54) is 26.9 Å². The first-order valence-corrected chi connectivity index (χ1v) is 9.81. The molecule has 146 valence electrons. The van der Waals surface area contributed by atoms with E-state index in [0.717, 1.165) is 11.4 Å². The standard InChI is InChI=1S/C18H25N5O3S/c1-4-6-10-22(14(24)8-7-13-11-27-12(3)20-13)15-16(19)23(9-5-2)18(26)21-17(15)25/h7-8,11H,4-6,9-10,19H2,1-3H3,(H,21,25,26)/b8-7+. The number of unbranched alkanes of at least 4 members (excludes halogenated alkanes) is 1. The zero-order chi connectivity index (χ0) is 20.0. The number of aromatic amines is 1. The minimum atomic E-state index is -0.660. The van der Waals surface area contributed by atoms with Gasteiger partial charge in [0.1, 0.15) is 5.82 Å². The summed E-state index contributed by atoms with van der Waals surface area (Å²) in [6, 6.07) is 0. The molecule has 0 bridgehead atoms. The van der Waals surface area contributed by atoms with E-state index in [1.807, 2.05) is 26.2 Å². The highest BCUT2D eigenvalue weighted by Gasteiger charge is 2.22. The molecule has 27 heavy (non-hydrogen) atoms. The summed E-state index contributed by atoms with van der Waals surface area (Å²) >= 11 is 1.49. The Bertz CT molecular complexity index is 941. The highest BCUT2D eigenvalue weighted by molar-refractivity contribution is 7.09. The lowest BCUT2D eigenvalue weighted by molar-refractivity contribution is -0.114. The van der Waals surface area contributed by atoms with Gasteiger partial charge in [-0.2, -0.15) is 0 Å². The van der Waals surface area contributed by atoms with Crippen molar-refractivity contribution in [3.05, 3.63) is 43.0 Å². The molecular formula is C18H25N5O3S. The summed E-state index contributed by atoms with van der Waals surface area (Å²) in [5.41, 5.74) is 5.57. The molecule has 0 saturated carbocycles. The molecule has 2 rings (SSSR count). The van der Waals surface area contributed by atoms with E-state index in [-0.39, 0.29) is 17.4 Å². The summed E-state index contributed by atoms with van der Waals surface area (Å²) in [6.07, 6.45) is 5.18. The number of H-pyrrole nitrogens is 1. The molecule has 0 aliphatic carbocycles.